The molecule has 0 spiro atoms. The zero-order chi connectivity index (χ0) is 15.7. The number of aryl methyl sites for hydroxylation is 1. The van der Waals surface area contributed by atoms with E-state index in [1.807, 2.05) is 25.3 Å². The van der Waals surface area contributed by atoms with Gasteiger partial charge in [0, 0.05) is 49.6 Å². The number of hydrogen-bond acceptors (Lipinski definition) is 4. The van der Waals surface area contributed by atoms with Crippen LogP contribution in [0.1, 0.15) is 36.8 Å². The van der Waals surface area contributed by atoms with Crippen LogP contribution >= 0.6 is 0 Å². The Morgan fingerprint density at radius 3 is 2.82 bits per heavy atom. The monoisotopic (exact) mass is 295 g/mol. The van der Waals surface area contributed by atoms with Crippen LogP contribution in [0.25, 0.3) is 0 Å². The Hall–Kier alpha value is -2.35. The lowest BCUT2D eigenvalue weighted by molar-refractivity contribution is 0.348. The molecular formula is C17H21N5. The first-order chi connectivity index (χ1) is 10.6. The second kappa shape index (κ2) is 5.80. The molecule has 1 fully saturated rings. The lowest BCUT2D eigenvalue weighted by Crippen LogP contribution is -2.49. The fourth-order valence-electron chi connectivity index (χ4n) is 2.98. The van der Waals surface area contributed by atoms with E-state index < -0.39 is 0 Å². The SMILES string of the molecule is Cc1ccc(C#N)c(N2CC(Cn3ccnc3C(C)C)C2)n1. The first-order valence-corrected chi connectivity index (χ1v) is 7.72. The first-order valence-electron chi connectivity index (χ1n) is 7.72. The normalized spacial score (nSPS) is 15.0. The van der Waals surface area contributed by atoms with E-state index in [0.29, 0.717) is 17.4 Å². The van der Waals surface area contributed by atoms with Crippen LogP contribution in [0, 0.1) is 24.2 Å². The van der Waals surface area contributed by atoms with E-state index >= 15 is 0 Å². The van der Waals surface area contributed by atoms with E-state index in [2.05, 4.69) is 45.5 Å². The summed E-state index contributed by atoms with van der Waals surface area (Å²) in [5.41, 5.74) is 1.61. The van der Waals surface area contributed by atoms with Crippen molar-refractivity contribution in [3.8, 4) is 6.07 Å². The second-order valence-electron chi connectivity index (χ2n) is 6.30. The van der Waals surface area contributed by atoms with E-state index in [0.717, 1.165) is 37.0 Å². The van der Waals surface area contributed by atoms with E-state index in [4.69, 9.17) is 0 Å². The maximum Gasteiger partial charge on any atom is 0.146 e. The smallest absolute Gasteiger partial charge is 0.146 e. The number of pyridine rings is 1. The second-order valence-corrected chi connectivity index (χ2v) is 6.30. The van der Waals surface area contributed by atoms with Gasteiger partial charge in [-0.05, 0) is 19.1 Å². The van der Waals surface area contributed by atoms with E-state index in [-0.39, 0.29) is 0 Å². The van der Waals surface area contributed by atoms with Gasteiger partial charge in [0.15, 0.2) is 0 Å². The molecule has 5 heteroatoms. The topological polar surface area (TPSA) is 57.7 Å². The maximum atomic E-state index is 9.22. The van der Waals surface area contributed by atoms with Crippen LogP contribution in [0.2, 0.25) is 0 Å². The van der Waals surface area contributed by atoms with E-state index in [9.17, 15) is 5.26 Å². The Kier molecular flexibility index (Phi) is 3.84. The molecular weight excluding hydrogens is 274 g/mol. The Bertz CT molecular complexity index is 704. The van der Waals surface area contributed by atoms with Crippen molar-refractivity contribution in [3.05, 3.63) is 41.6 Å². The molecule has 3 heterocycles. The van der Waals surface area contributed by atoms with Gasteiger partial charge < -0.3 is 9.47 Å². The summed E-state index contributed by atoms with van der Waals surface area (Å²) < 4.78 is 2.25. The van der Waals surface area contributed by atoms with Gasteiger partial charge in [-0.25, -0.2) is 9.97 Å². The first kappa shape index (κ1) is 14.6. The molecule has 2 aromatic heterocycles. The van der Waals surface area contributed by atoms with Gasteiger partial charge in [0.2, 0.25) is 0 Å². The number of imidazole rings is 1. The van der Waals surface area contributed by atoms with Gasteiger partial charge in [-0.3, -0.25) is 0 Å². The molecule has 114 valence electrons. The maximum absolute atomic E-state index is 9.22. The lowest BCUT2D eigenvalue weighted by Gasteiger charge is -2.41. The van der Waals surface area contributed by atoms with Crippen LogP contribution < -0.4 is 4.90 Å². The predicted octanol–water partition coefficient (Wildman–Crippen LogP) is 2.72. The molecule has 1 aliphatic rings. The third kappa shape index (κ3) is 2.69. The molecule has 0 N–H and O–H groups in total. The average molecular weight is 295 g/mol. The Labute approximate surface area is 131 Å². The van der Waals surface area contributed by atoms with Gasteiger partial charge in [-0.2, -0.15) is 5.26 Å². The van der Waals surface area contributed by atoms with Gasteiger partial charge >= 0.3 is 0 Å². The van der Waals surface area contributed by atoms with Gasteiger partial charge in [0.1, 0.15) is 17.7 Å². The van der Waals surface area contributed by atoms with Gasteiger partial charge in [0.25, 0.3) is 0 Å². The van der Waals surface area contributed by atoms with Crippen molar-refractivity contribution in [3.63, 3.8) is 0 Å². The lowest BCUT2D eigenvalue weighted by atomic mass is 9.99. The van der Waals surface area contributed by atoms with Crippen molar-refractivity contribution in [2.45, 2.75) is 33.2 Å². The third-order valence-corrected chi connectivity index (χ3v) is 4.11. The molecule has 2 aromatic rings. The number of anilines is 1. The summed E-state index contributed by atoms with van der Waals surface area (Å²) in [6, 6.07) is 5.98. The summed E-state index contributed by atoms with van der Waals surface area (Å²) >= 11 is 0. The fraction of sp³-hybridized carbons (Fsp3) is 0.471. The van der Waals surface area contributed by atoms with E-state index in [1.54, 1.807) is 0 Å². The van der Waals surface area contributed by atoms with Crippen LogP contribution in [0.5, 0.6) is 0 Å². The van der Waals surface area contributed by atoms with Crippen LogP contribution in [0.3, 0.4) is 0 Å². The van der Waals surface area contributed by atoms with Crippen LogP contribution in [0.15, 0.2) is 24.5 Å². The summed E-state index contributed by atoms with van der Waals surface area (Å²) in [6.07, 6.45) is 3.94. The largest absolute Gasteiger partial charge is 0.355 e. The average Bonchev–Trinajstić information content (AvgIpc) is 2.90. The Balaban J connectivity index is 1.67. The van der Waals surface area contributed by atoms with Crippen molar-refractivity contribution >= 4 is 5.82 Å². The molecule has 0 aliphatic carbocycles. The number of hydrogen-bond donors (Lipinski definition) is 0. The summed E-state index contributed by atoms with van der Waals surface area (Å²) in [6.45, 7) is 9.17. The highest BCUT2D eigenvalue weighted by atomic mass is 15.3. The minimum absolute atomic E-state index is 0.440. The molecule has 0 bridgehead atoms. The minimum atomic E-state index is 0.440. The Morgan fingerprint density at radius 2 is 2.14 bits per heavy atom. The van der Waals surface area contributed by atoms with Crippen LogP contribution in [-0.4, -0.2) is 27.6 Å². The zero-order valence-corrected chi connectivity index (χ0v) is 13.3. The highest BCUT2D eigenvalue weighted by Gasteiger charge is 2.30. The highest BCUT2D eigenvalue weighted by molar-refractivity contribution is 5.55. The summed E-state index contributed by atoms with van der Waals surface area (Å²) in [5, 5.41) is 9.22. The third-order valence-electron chi connectivity index (χ3n) is 4.11. The van der Waals surface area contributed by atoms with Gasteiger partial charge in [0.05, 0.1) is 5.56 Å². The molecule has 0 saturated carbocycles. The fourth-order valence-corrected chi connectivity index (χ4v) is 2.98. The molecule has 0 atom stereocenters. The minimum Gasteiger partial charge on any atom is -0.355 e. The van der Waals surface area contributed by atoms with Crippen molar-refractivity contribution in [1.29, 1.82) is 5.26 Å². The molecule has 1 saturated heterocycles. The molecule has 0 unspecified atom stereocenters. The summed E-state index contributed by atoms with van der Waals surface area (Å²) in [5.74, 6) is 2.99. The highest BCUT2D eigenvalue weighted by Crippen LogP contribution is 2.27. The zero-order valence-electron chi connectivity index (χ0n) is 13.3. The molecule has 1 aliphatic heterocycles. The molecule has 0 amide bonds. The quantitative estimate of drug-likeness (QED) is 0.870. The van der Waals surface area contributed by atoms with Crippen LogP contribution in [0.4, 0.5) is 5.82 Å². The van der Waals surface area contributed by atoms with Gasteiger partial charge in [-0.15, -0.1) is 0 Å². The van der Waals surface area contributed by atoms with Crippen molar-refractivity contribution < 1.29 is 0 Å². The van der Waals surface area contributed by atoms with Crippen LogP contribution in [-0.2, 0) is 6.54 Å². The van der Waals surface area contributed by atoms with Crippen molar-refractivity contribution in [2.24, 2.45) is 5.92 Å². The number of aromatic nitrogens is 3. The Morgan fingerprint density at radius 1 is 1.36 bits per heavy atom. The number of nitriles is 1. The summed E-state index contributed by atoms with van der Waals surface area (Å²) in [7, 11) is 0. The molecule has 0 radical (unpaired) electrons. The van der Waals surface area contributed by atoms with Crippen molar-refractivity contribution in [2.75, 3.05) is 18.0 Å². The standard InChI is InChI=1S/C17H21N5/c1-12(2)16-19-6-7-21(16)9-14-10-22(11-14)17-15(8-18)5-4-13(3)20-17/h4-7,12,14H,9-11H2,1-3H3. The summed E-state index contributed by atoms with van der Waals surface area (Å²) in [4.78, 5) is 11.2. The number of rotatable bonds is 4. The molecule has 3 rings (SSSR count). The van der Waals surface area contributed by atoms with Gasteiger partial charge in [-0.1, -0.05) is 13.8 Å². The number of nitrogens with zero attached hydrogens (tertiary/aromatic N) is 5. The molecule has 0 aromatic carbocycles. The van der Waals surface area contributed by atoms with E-state index in [1.165, 1.54) is 0 Å². The molecule has 22 heavy (non-hydrogen) atoms. The predicted molar refractivity (Wildman–Crippen MR) is 85.7 cm³/mol. The molecule has 5 nitrogen and oxygen atoms in total. The van der Waals surface area contributed by atoms with Crippen molar-refractivity contribution in [1.82, 2.24) is 14.5 Å².